The first-order chi connectivity index (χ1) is 11.3. The van der Waals surface area contributed by atoms with Crippen LogP contribution >= 0.6 is 24.8 Å². The number of carbonyl (C=O) groups excluding carboxylic acids is 1. The summed E-state index contributed by atoms with van der Waals surface area (Å²) in [4.78, 5) is 15.8. The van der Waals surface area contributed by atoms with Crippen molar-refractivity contribution in [2.75, 3.05) is 6.54 Å². The van der Waals surface area contributed by atoms with Gasteiger partial charge in [0.2, 0.25) is 5.91 Å². The first kappa shape index (κ1) is 23.4. The lowest BCUT2D eigenvalue weighted by atomic mass is 10.1. The van der Waals surface area contributed by atoms with Crippen LogP contribution in [0.2, 0.25) is 0 Å². The van der Waals surface area contributed by atoms with E-state index in [1.54, 1.807) is 6.20 Å². The van der Waals surface area contributed by atoms with Gasteiger partial charge in [-0.15, -0.1) is 24.8 Å². The molecule has 1 amide bonds. The molecule has 0 atom stereocenters. The van der Waals surface area contributed by atoms with Crippen LogP contribution in [-0.2, 0) is 17.9 Å². The zero-order chi connectivity index (χ0) is 16.3. The highest BCUT2D eigenvalue weighted by Gasteiger charge is 2.02. The van der Waals surface area contributed by atoms with Gasteiger partial charge in [-0.1, -0.05) is 37.1 Å². The fourth-order valence-electron chi connectivity index (χ4n) is 2.43. The van der Waals surface area contributed by atoms with E-state index in [1.807, 2.05) is 17.1 Å². The third-order valence-electron chi connectivity index (χ3n) is 3.79. The summed E-state index contributed by atoms with van der Waals surface area (Å²) < 4.78 is 2.03. The van der Waals surface area contributed by atoms with E-state index < -0.39 is 0 Å². The lowest BCUT2D eigenvalue weighted by molar-refractivity contribution is -0.121. The summed E-state index contributed by atoms with van der Waals surface area (Å²) in [5, 5.41) is 2.98. The van der Waals surface area contributed by atoms with E-state index in [1.165, 1.54) is 5.56 Å². The molecule has 0 radical (unpaired) electrons. The van der Waals surface area contributed by atoms with E-state index in [0.717, 1.165) is 44.3 Å². The first-order valence-electron chi connectivity index (χ1n) is 8.28. The number of imidazole rings is 1. The topological polar surface area (TPSA) is 72.9 Å². The van der Waals surface area contributed by atoms with Gasteiger partial charge in [-0.3, -0.25) is 4.79 Å². The Hall–Kier alpha value is -1.56. The predicted octanol–water partition coefficient (Wildman–Crippen LogP) is 3.30. The zero-order valence-electron chi connectivity index (χ0n) is 14.4. The molecule has 3 N–H and O–H groups in total. The number of carbonyl (C=O) groups is 1. The summed E-state index contributed by atoms with van der Waals surface area (Å²) >= 11 is 0. The standard InChI is InChI=1S/C18H26N4O.2ClH/c19-10-4-2-1-3-5-18(23)21-13-16-6-8-17(9-7-16)14-22-12-11-20-15-22;;/h6-9,11-12,15H,1-5,10,13-14,19H2,(H,21,23);2*1H. The fraction of sp³-hybridized carbons (Fsp3) is 0.444. The number of unbranched alkanes of at least 4 members (excludes halogenated alkanes) is 3. The smallest absolute Gasteiger partial charge is 0.220 e. The number of nitrogens with one attached hydrogen (secondary N) is 1. The second kappa shape index (κ2) is 13.7. The van der Waals surface area contributed by atoms with Gasteiger partial charge in [0, 0.05) is 31.9 Å². The molecule has 0 fully saturated rings. The minimum Gasteiger partial charge on any atom is -0.352 e. The SMILES string of the molecule is Cl.Cl.NCCCCCCC(=O)NCc1ccc(Cn2ccnc2)cc1. The van der Waals surface area contributed by atoms with Crippen molar-refractivity contribution >= 4 is 30.7 Å². The minimum absolute atomic E-state index is 0. The summed E-state index contributed by atoms with van der Waals surface area (Å²) in [6.45, 7) is 2.14. The van der Waals surface area contributed by atoms with Crippen molar-refractivity contribution in [1.82, 2.24) is 14.9 Å². The third-order valence-corrected chi connectivity index (χ3v) is 3.79. The van der Waals surface area contributed by atoms with Crippen molar-refractivity contribution in [3.8, 4) is 0 Å². The number of aromatic nitrogens is 2. The van der Waals surface area contributed by atoms with E-state index in [0.29, 0.717) is 13.0 Å². The van der Waals surface area contributed by atoms with Gasteiger partial charge in [0.25, 0.3) is 0 Å². The van der Waals surface area contributed by atoms with Crippen molar-refractivity contribution in [1.29, 1.82) is 0 Å². The number of halogens is 2. The van der Waals surface area contributed by atoms with Crippen LogP contribution in [0.25, 0.3) is 0 Å². The number of nitrogens with zero attached hydrogens (tertiary/aromatic N) is 2. The van der Waals surface area contributed by atoms with Crippen molar-refractivity contribution in [3.63, 3.8) is 0 Å². The second-order valence-electron chi connectivity index (χ2n) is 5.78. The molecule has 0 unspecified atom stereocenters. The Morgan fingerprint density at radius 1 is 1.04 bits per heavy atom. The molecule has 0 saturated carbocycles. The Balaban J connectivity index is 0.00000288. The molecule has 0 saturated heterocycles. The maximum absolute atomic E-state index is 11.8. The Bertz CT molecular complexity index is 573. The summed E-state index contributed by atoms with van der Waals surface area (Å²) in [7, 11) is 0. The summed E-state index contributed by atoms with van der Waals surface area (Å²) in [5.41, 5.74) is 7.79. The molecule has 7 heteroatoms. The van der Waals surface area contributed by atoms with Gasteiger partial charge < -0.3 is 15.6 Å². The van der Waals surface area contributed by atoms with E-state index in [4.69, 9.17) is 5.73 Å². The average Bonchev–Trinajstić information content (AvgIpc) is 3.07. The second-order valence-corrected chi connectivity index (χ2v) is 5.78. The summed E-state index contributed by atoms with van der Waals surface area (Å²) in [6.07, 6.45) is 10.3. The Morgan fingerprint density at radius 2 is 1.72 bits per heavy atom. The summed E-state index contributed by atoms with van der Waals surface area (Å²) in [5.74, 6) is 0.125. The van der Waals surface area contributed by atoms with Crippen LogP contribution in [0.1, 0.15) is 43.2 Å². The van der Waals surface area contributed by atoms with Crippen molar-refractivity contribution in [3.05, 3.63) is 54.1 Å². The third kappa shape index (κ3) is 9.48. The van der Waals surface area contributed by atoms with Gasteiger partial charge in [-0.25, -0.2) is 4.98 Å². The maximum atomic E-state index is 11.8. The molecule has 2 rings (SSSR count). The number of hydrogen-bond donors (Lipinski definition) is 2. The molecule has 1 heterocycles. The normalized spacial score (nSPS) is 9.80. The highest BCUT2D eigenvalue weighted by molar-refractivity contribution is 5.85. The van der Waals surface area contributed by atoms with Crippen LogP contribution in [0.5, 0.6) is 0 Å². The molecule has 2 aromatic rings. The van der Waals surface area contributed by atoms with Crippen LogP contribution < -0.4 is 11.1 Å². The average molecular weight is 387 g/mol. The molecule has 0 spiro atoms. The zero-order valence-corrected chi connectivity index (χ0v) is 16.0. The molecular formula is C18H28Cl2N4O. The van der Waals surface area contributed by atoms with E-state index in [2.05, 4.69) is 34.6 Å². The fourth-order valence-corrected chi connectivity index (χ4v) is 2.43. The van der Waals surface area contributed by atoms with Crippen molar-refractivity contribution in [2.45, 2.75) is 45.2 Å². The molecule has 1 aromatic heterocycles. The Kier molecular flexibility index (Phi) is 12.8. The van der Waals surface area contributed by atoms with Gasteiger partial charge in [0.05, 0.1) is 6.33 Å². The molecule has 0 aliphatic heterocycles. The molecule has 0 aliphatic carbocycles. The van der Waals surface area contributed by atoms with Crippen LogP contribution in [0, 0.1) is 0 Å². The van der Waals surface area contributed by atoms with Gasteiger partial charge in [0.15, 0.2) is 0 Å². The van der Waals surface area contributed by atoms with Crippen molar-refractivity contribution in [2.24, 2.45) is 5.73 Å². The van der Waals surface area contributed by atoms with Crippen LogP contribution in [0.4, 0.5) is 0 Å². The lowest BCUT2D eigenvalue weighted by Gasteiger charge is -2.07. The predicted molar refractivity (Wildman–Crippen MR) is 106 cm³/mol. The van der Waals surface area contributed by atoms with Crippen LogP contribution in [-0.4, -0.2) is 22.0 Å². The van der Waals surface area contributed by atoms with E-state index in [-0.39, 0.29) is 30.7 Å². The van der Waals surface area contributed by atoms with Crippen LogP contribution in [0.3, 0.4) is 0 Å². The molecule has 1 aromatic carbocycles. The summed E-state index contributed by atoms with van der Waals surface area (Å²) in [6, 6.07) is 8.31. The molecule has 0 aliphatic rings. The largest absolute Gasteiger partial charge is 0.352 e. The minimum atomic E-state index is 0. The van der Waals surface area contributed by atoms with Crippen LogP contribution in [0.15, 0.2) is 43.0 Å². The first-order valence-corrected chi connectivity index (χ1v) is 8.28. The van der Waals surface area contributed by atoms with Gasteiger partial charge in [-0.05, 0) is 30.5 Å². The number of nitrogens with two attached hydrogens (primary N) is 1. The molecule has 0 bridgehead atoms. The quantitative estimate of drug-likeness (QED) is 0.615. The van der Waals surface area contributed by atoms with Gasteiger partial charge in [0.1, 0.15) is 0 Å². The monoisotopic (exact) mass is 386 g/mol. The number of amides is 1. The van der Waals surface area contributed by atoms with Gasteiger partial charge in [-0.2, -0.15) is 0 Å². The Morgan fingerprint density at radius 3 is 2.36 bits per heavy atom. The van der Waals surface area contributed by atoms with Gasteiger partial charge >= 0.3 is 0 Å². The highest BCUT2D eigenvalue weighted by Crippen LogP contribution is 2.07. The Labute approximate surface area is 162 Å². The maximum Gasteiger partial charge on any atom is 0.220 e. The number of hydrogen-bond acceptors (Lipinski definition) is 3. The number of rotatable bonds is 10. The highest BCUT2D eigenvalue weighted by atomic mass is 35.5. The molecule has 25 heavy (non-hydrogen) atoms. The van der Waals surface area contributed by atoms with E-state index in [9.17, 15) is 4.79 Å². The molecular weight excluding hydrogens is 359 g/mol. The van der Waals surface area contributed by atoms with Crippen molar-refractivity contribution < 1.29 is 4.79 Å². The lowest BCUT2D eigenvalue weighted by Crippen LogP contribution is -2.22. The van der Waals surface area contributed by atoms with E-state index >= 15 is 0 Å². The molecule has 5 nitrogen and oxygen atoms in total. The molecule has 140 valence electrons. The number of benzene rings is 1.